The van der Waals surface area contributed by atoms with Gasteiger partial charge in [-0.05, 0) is 46.9 Å². The van der Waals surface area contributed by atoms with Crippen LogP contribution < -0.4 is 5.32 Å². The molecule has 1 aromatic heterocycles. The lowest BCUT2D eigenvalue weighted by molar-refractivity contribution is 0.585. The van der Waals surface area contributed by atoms with Crippen LogP contribution in [0.25, 0.3) is 10.8 Å². The van der Waals surface area contributed by atoms with Crippen LogP contribution in [-0.2, 0) is 0 Å². The van der Waals surface area contributed by atoms with Crippen LogP contribution in [0.15, 0.2) is 47.8 Å². The van der Waals surface area contributed by atoms with Crippen molar-refractivity contribution >= 4 is 22.3 Å². The highest BCUT2D eigenvalue weighted by atomic mass is 32.1. The van der Waals surface area contributed by atoms with Gasteiger partial charge >= 0.3 is 0 Å². The summed E-state index contributed by atoms with van der Waals surface area (Å²) < 4.78 is 3.99. The summed E-state index contributed by atoms with van der Waals surface area (Å²) in [5.74, 6) is 0. The van der Waals surface area contributed by atoms with Gasteiger partial charge < -0.3 is 5.32 Å². The fourth-order valence-corrected chi connectivity index (χ4v) is 2.85. The summed E-state index contributed by atoms with van der Waals surface area (Å²) in [5, 5.41) is 12.3. The van der Waals surface area contributed by atoms with Gasteiger partial charge in [-0.2, -0.15) is 0 Å². The molecule has 0 aliphatic rings. The van der Waals surface area contributed by atoms with E-state index in [4.69, 9.17) is 0 Å². The lowest BCUT2D eigenvalue weighted by Crippen LogP contribution is -2.23. The minimum Gasteiger partial charge on any atom is -0.305 e. The van der Waals surface area contributed by atoms with E-state index in [1.54, 1.807) is 0 Å². The molecule has 0 bridgehead atoms. The van der Waals surface area contributed by atoms with Gasteiger partial charge in [0, 0.05) is 5.38 Å². The molecule has 3 rings (SSSR count). The van der Waals surface area contributed by atoms with Crippen LogP contribution in [0.3, 0.4) is 0 Å². The minimum atomic E-state index is 0.123. The van der Waals surface area contributed by atoms with E-state index < -0.39 is 0 Å². The Morgan fingerprint density at radius 3 is 2.75 bits per heavy atom. The summed E-state index contributed by atoms with van der Waals surface area (Å²) in [6.07, 6.45) is 1.10. The number of aromatic nitrogens is 2. The molecule has 1 unspecified atom stereocenters. The van der Waals surface area contributed by atoms with E-state index in [2.05, 4.69) is 64.3 Å². The summed E-state index contributed by atoms with van der Waals surface area (Å²) in [4.78, 5) is 0. The molecule has 4 heteroatoms. The molecule has 0 aliphatic carbocycles. The van der Waals surface area contributed by atoms with Crippen molar-refractivity contribution in [1.29, 1.82) is 0 Å². The summed E-state index contributed by atoms with van der Waals surface area (Å²) in [6, 6.07) is 15.1. The molecule has 0 aliphatic heterocycles. The highest BCUT2D eigenvalue weighted by Gasteiger charge is 2.16. The van der Waals surface area contributed by atoms with Crippen molar-refractivity contribution in [2.75, 3.05) is 6.54 Å². The monoisotopic (exact) mass is 283 g/mol. The molecule has 0 spiro atoms. The minimum absolute atomic E-state index is 0.123. The van der Waals surface area contributed by atoms with Gasteiger partial charge in [-0.3, -0.25) is 0 Å². The van der Waals surface area contributed by atoms with Crippen molar-refractivity contribution in [2.45, 2.75) is 19.4 Å². The van der Waals surface area contributed by atoms with Gasteiger partial charge in [0.05, 0.1) is 11.7 Å². The Kier molecular flexibility index (Phi) is 4.04. The van der Waals surface area contributed by atoms with E-state index in [-0.39, 0.29) is 6.04 Å². The zero-order valence-electron chi connectivity index (χ0n) is 11.4. The Balaban J connectivity index is 1.99. The van der Waals surface area contributed by atoms with E-state index in [9.17, 15) is 0 Å². The topological polar surface area (TPSA) is 37.8 Å². The van der Waals surface area contributed by atoms with Crippen molar-refractivity contribution in [2.24, 2.45) is 0 Å². The molecular formula is C16H17N3S. The maximum Gasteiger partial charge on any atom is 0.0970 e. The number of benzene rings is 2. The Morgan fingerprint density at radius 1 is 1.15 bits per heavy atom. The van der Waals surface area contributed by atoms with E-state index in [1.807, 2.05) is 5.38 Å². The number of fused-ring (bicyclic) bond motifs is 1. The molecule has 20 heavy (non-hydrogen) atoms. The van der Waals surface area contributed by atoms with Gasteiger partial charge in [0.25, 0.3) is 0 Å². The largest absolute Gasteiger partial charge is 0.305 e. The average Bonchev–Trinajstić information content (AvgIpc) is 3.02. The first-order valence-electron chi connectivity index (χ1n) is 6.87. The second kappa shape index (κ2) is 6.11. The zero-order valence-corrected chi connectivity index (χ0v) is 12.2. The molecule has 3 aromatic rings. The van der Waals surface area contributed by atoms with Crippen molar-refractivity contribution in [3.8, 4) is 0 Å². The molecule has 3 nitrogen and oxygen atoms in total. The number of hydrogen-bond donors (Lipinski definition) is 1. The smallest absolute Gasteiger partial charge is 0.0970 e. The Labute approximate surface area is 122 Å². The third-order valence-electron chi connectivity index (χ3n) is 3.38. The molecule has 1 heterocycles. The van der Waals surface area contributed by atoms with Crippen LogP contribution >= 0.6 is 11.5 Å². The fraction of sp³-hybridized carbons (Fsp3) is 0.250. The number of rotatable bonds is 5. The molecule has 0 amide bonds. The lowest BCUT2D eigenvalue weighted by atomic mass is 10.00. The number of nitrogens with zero attached hydrogens (tertiary/aromatic N) is 2. The predicted molar refractivity (Wildman–Crippen MR) is 84.0 cm³/mol. The van der Waals surface area contributed by atoms with Crippen LogP contribution in [0.5, 0.6) is 0 Å². The lowest BCUT2D eigenvalue weighted by Gasteiger charge is -2.17. The zero-order chi connectivity index (χ0) is 13.8. The van der Waals surface area contributed by atoms with Crippen LogP contribution in [0.4, 0.5) is 0 Å². The molecule has 2 aromatic carbocycles. The van der Waals surface area contributed by atoms with E-state index in [0.717, 1.165) is 18.7 Å². The summed E-state index contributed by atoms with van der Waals surface area (Å²) in [7, 11) is 0. The molecule has 0 saturated heterocycles. The normalized spacial score (nSPS) is 12.7. The molecular weight excluding hydrogens is 266 g/mol. The first-order chi connectivity index (χ1) is 9.88. The van der Waals surface area contributed by atoms with Crippen molar-refractivity contribution in [3.63, 3.8) is 0 Å². The second-order valence-corrected chi connectivity index (χ2v) is 5.43. The van der Waals surface area contributed by atoms with Crippen molar-refractivity contribution in [1.82, 2.24) is 14.9 Å². The maximum atomic E-state index is 4.23. The van der Waals surface area contributed by atoms with Gasteiger partial charge in [0.15, 0.2) is 0 Å². The molecule has 0 saturated carbocycles. The Bertz CT molecular complexity index is 679. The Hall–Kier alpha value is -1.78. The predicted octanol–water partition coefficient (Wildman–Crippen LogP) is 3.78. The van der Waals surface area contributed by atoms with Crippen LogP contribution in [0.2, 0.25) is 0 Å². The first kappa shape index (κ1) is 13.2. The molecule has 0 radical (unpaired) electrons. The highest BCUT2D eigenvalue weighted by Crippen LogP contribution is 2.25. The van der Waals surface area contributed by atoms with Gasteiger partial charge in [0.2, 0.25) is 0 Å². The Morgan fingerprint density at radius 2 is 2.00 bits per heavy atom. The SMILES string of the molecule is CCCNC(c1ccc2ccccc2c1)c1csnn1. The quantitative estimate of drug-likeness (QED) is 0.774. The summed E-state index contributed by atoms with van der Waals surface area (Å²) >= 11 is 1.40. The standard InChI is InChI=1S/C16H17N3S/c1-2-9-17-16(15-11-20-19-18-15)14-8-7-12-5-3-4-6-13(12)10-14/h3-8,10-11,16-17H,2,9H2,1H3. The van der Waals surface area contributed by atoms with Crippen LogP contribution in [-0.4, -0.2) is 16.1 Å². The van der Waals surface area contributed by atoms with E-state index in [0.29, 0.717) is 0 Å². The van der Waals surface area contributed by atoms with Gasteiger partial charge in [-0.15, -0.1) is 5.10 Å². The molecule has 1 atom stereocenters. The number of nitrogens with one attached hydrogen (secondary N) is 1. The number of hydrogen-bond acceptors (Lipinski definition) is 4. The van der Waals surface area contributed by atoms with Crippen LogP contribution in [0.1, 0.15) is 30.6 Å². The molecule has 1 N–H and O–H groups in total. The average molecular weight is 283 g/mol. The summed E-state index contributed by atoms with van der Waals surface area (Å²) in [5.41, 5.74) is 2.24. The van der Waals surface area contributed by atoms with Gasteiger partial charge in [0.1, 0.15) is 0 Å². The second-order valence-electron chi connectivity index (χ2n) is 4.82. The van der Waals surface area contributed by atoms with Gasteiger partial charge in [-0.1, -0.05) is 47.8 Å². The molecule has 102 valence electrons. The van der Waals surface area contributed by atoms with E-state index in [1.165, 1.54) is 27.9 Å². The van der Waals surface area contributed by atoms with Crippen LogP contribution in [0, 0.1) is 0 Å². The fourth-order valence-electron chi connectivity index (χ4n) is 2.37. The molecule has 0 fully saturated rings. The summed E-state index contributed by atoms with van der Waals surface area (Å²) in [6.45, 7) is 3.14. The van der Waals surface area contributed by atoms with E-state index >= 15 is 0 Å². The third-order valence-corrected chi connectivity index (χ3v) is 3.90. The van der Waals surface area contributed by atoms with Gasteiger partial charge in [-0.25, -0.2) is 0 Å². The maximum absolute atomic E-state index is 4.23. The highest BCUT2D eigenvalue weighted by molar-refractivity contribution is 7.03. The van der Waals surface area contributed by atoms with Crippen molar-refractivity contribution in [3.05, 3.63) is 59.1 Å². The third kappa shape index (κ3) is 2.71. The first-order valence-corrected chi connectivity index (χ1v) is 7.71. The van der Waals surface area contributed by atoms with Crippen molar-refractivity contribution < 1.29 is 0 Å².